The van der Waals surface area contributed by atoms with Crippen molar-refractivity contribution >= 4 is 0 Å². The molecule has 3 heterocycles. The Morgan fingerprint density at radius 2 is 1.81 bits per heavy atom. The maximum Gasteiger partial charge on any atom is 0.263 e. The van der Waals surface area contributed by atoms with Crippen LogP contribution in [-0.4, -0.2) is 30.1 Å². The van der Waals surface area contributed by atoms with E-state index in [-0.39, 0.29) is 6.04 Å². The molecule has 142 valence electrons. The second-order valence-corrected chi connectivity index (χ2v) is 6.93. The summed E-state index contributed by atoms with van der Waals surface area (Å²) < 4.78 is 22.7. The number of aromatic nitrogens is 1. The Balaban J connectivity index is 1.50. The van der Waals surface area contributed by atoms with E-state index in [9.17, 15) is 0 Å². The highest BCUT2D eigenvalue weighted by Gasteiger charge is 2.20. The molecule has 3 aromatic rings. The van der Waals surface area contributed by atoms with Crippen LogP contribution >= 0.6 is 0 Å². The van der Waals surface area contributed by atoms with Crippen LogP contribution in [0.25, 0.3) is 11.7 Å². The molecular weight excluding hydrogens is 344 g/mol. The molecule has 0 bridgehead atoms. The van der Waals surface area contributed by atoms with Gasteiger partial charge in [0, 0.05) is 12.6 Å². The number of benzene rings is 1. The lowest BCUT2D eigenvalue weighted by molar-refractivity contribution is 0.170. The largest absolute Gasteiger partial charge is 0.486 e. The van der Waals surface area contributed by atoms with Crippen LogP contribution in [-0.2, 0) is 6.54 Å². The zero-order valence-electron chi connectivity index (χ0n) is 16.1. The topological polar surface area (TPSA) is 60.9 Å². The number of ether oxygens (including phenoxy) is 2. The minimum Gasteiger partial charge on any atom is -0.486 e. The Morgan fingerprint density at radius 3 is 2.56 bits per heavy atom. The van der Waals surface area contributed by atoms with Crippen molar-refractivity contribution in [2.75, 3.05) is 20.3 Å². The summed E-state index contributed by atoms with van der Waals surface area (Å²) in [4.78, 5) is 6.86. The van der Waals surface area contributed by atoms with Crippen molar-refractivity contribution in [3.63, 3.8) is 0 Å². The molecule has 6 heteroatoms. The van der Waals surface area contributed by atoms with Gasteiger partial charge in [0.15, 0.2) is 17.3 Å². The van der Waals surface area contributed by atoms with Crippen LogP contribution in [0.2, 0.25) is 0 Å². The van der Waals surface area contributed by atoms with Gasteiger partial charge in [0.25, 0.3) is 5.89 Å². The summed E-state index contributed by atoms with van der Waals surface area (Å²) in [5.74, 6) is 4.45. The Labute approximate surface area is 158 Å². The Hall–Kier alpha value is -2.73. The van der Waals surface area contributed by atoms with Gasteiger partial charge in [0.2, 0.25) is 0 Å². The first-order valence-corrected chi connectivity index (χ1v) is 9.14. The van der Waals surface area contributed by atoms with Crippen molar-refractivity contribution in [1.29, 1.82) is 0 Å². The van der Waals surface area contributed by atoms with E-state index in [0.29, 0.717) is 31.4 Å². The van der Waals surface area contributed by atoms with Crippen LogP contribution in [0.15, 0.2) is 39.2 Å². The predicted molar refractivity (Wildman–Crippen MR) is 101 cm³/mol. The molecule has 4 rings (SSSR count). The first kappa shape index (κ1) is 17.7. The highest BCUT2D eigenvalue weighted by molar-refractivity contribution is 5.46. The first-order valence-electron chi connectivity index (χ1n) is 9.14. The van der Waals surface area contributed by atoms with E-state index in [1.807, 2.05) is 32.0 Å². The monoisotopic (exact) mass is 368 g/mol. The molecule has 0 amide bonds. The number of hydrogen-bond donors (Lipinski definition) is 0. The summed E-state index contributed by atoms with van der Waals surface area (Å²) in [5.41, 5.74) is 2.08. The highest BCUT2D eigenvalue weighted by Crippen LogP contribution is 2.34. The third-order valence-electron chi connectivity index (χ3n) is 4.95. The Kier molecular flexibility index (Phi) is 4.66. The molecule has 0 saturated carbocycles. The highest BCUT2D eigenvalue weighted by atomic mass is 16.6. The quantitative estimate of drug-likeness (QED) is 0.660. The third-order valence-corrected chi connectivity index (χ3v) is 4.95. The summed E-state index contributed by atoms with van der Waals surface area (Å²) in [6.45, 7) is 7.87. The second-order valence-electron chi connectivity index (χ2n) is 6.93. The van der Waals surface area contributed by atoms with Crippen LogP contribution in [0, 0.1) is 13.8 Å². The van der Waals surface area contributed by atoms with Gasteiger partial charge in [0.1, 0.15) is 24.7 Å². The molecule has 1 aliphatic rings. The maximum atomic E-state index is 5.81. The summed E-state index contributed by atoms with van der Waals surface area (Å²) >= 11 is 0. The minimum atomic E-state index is 0.186. The smallest absolute Gasteiger partial charge is 0.263 e. The number of fused-ring (bicyclic) bond motifs is 1. The van der Waals surface area contributed by atoms with Crippen LogP contribution in [0.5, 0.6) is 11.5 Å². The molecule has 1 aliphatic heterocycles. The van der Waals surface area contributed by atoms with Crippen LogP contribution in [0.1, 0.15) is 35.7 Å². The number of rotatable bonds is 5. The normalized spacial score (nSPS) is 14.6. The SMILES string of the molecule is Cc1ccc(-c2nc(CN(C)[C@@H](C)c3ccc4c(c3)OCCO4)c(C)o2)o1. The molecule has 2 aromatic heterocycles. The van der Waals surface area contributed by atoms with Crippen LogP contribution in [0.3, 0.4) is 0 Å². The zero-order valence-corrected chi connectivity index (χ0v) is 16.1. The number of hydrogen-bond acceptors (Lipinski definition) is 6. The fourth-order valence-electron chi connectivity index (χ4n) is 3.18. The van der Waals surface area contributed by atoms with E-state index < -0.39 is 0 Å². The fraction of sp³-hybridized carbons (Fsp3) is 0.381. The average Bonchev–Trinajstić information content (AvgIpc) is 3.26. The van der Waals surface area contributed by atoms with Crippen molar-refractivity contribution in [3.8, 4) is 23.1 Å². The molecule has 0 unspecified atom stereocenters. The van der Waals surface area contributed by atoms with Gasteiger partial charge in [-0.1, -0.05) is 6.07 Å². The van der Waals surface area contributed by atoms with Crippen molar-refractivity contribution in [3.05, 3.63) is 53.1 Å². The Morgan fingerprint density at radius 1 is 1.04 bits per heavy atom. The summed E-state index contributed by atoms with van der Waals surface area (Å²) in [6, 6.07) is 10.1. The van der Waals surface area contributed by atoms with Crippen molar-refractivity contribution in [2.24, 2.45) is 0 Å². The van der Waals surface area contributed by atoms with E-state index in [0.717, 1.165) is 28.7 Å². The minimum absolute atomic E-state index is 0.186. The lowest BCUT2D eigenvalue weighted by Gasteiger charge is -2.26. The molecule has 1 atom stereocenters. The molecular formula is C21H24N2O4. The van der Waals surface area contributed by atoms with Gasteiger partial charge >= 0.3 is 0 Å². The molecule has 0 N–H and O–H groups in total. The van der Waals surface area contributed by atoms with Crippen molar-refractivity contribution < 1.29 is 18.3 Å². The molecule has 0 radical (unpaired) electrons. The molecule has 0 aliphatic carbocycles. The lowest BCUT2D eigenvalue weighted by Crippen LogP contribution is -2.23. The molecule has 0 fully saturated rings. The zero-order chi connectivity index (χ0) is 19.0. The van der Waals surface area contributed by atoms with Gasteiger partial charge in [0.05, 0.1) is 5.69 Å². The number of oxazole rings is 1. The molecule has 27 heavy (non-hydrogen) atoms. The standard InChI is InChI=1S/C21H24N2O4/c1-13-5-7-19(26-13)21-22-17(15(3)27-21)12-23(4)14(2)16-6-8-18-20(11-16)25-10-9-24-18/h5-8,11,14H,9-10,12H2,1-4H3/t14-/m0/s1. The van der Waals surface area contributed by atoms with Crippen molar-refractivity contribution in [1.82, 2.24) is 9.88 Å². The number of furan rings is 1. The first-order chi connectivity index (χ1) is 13.0. The van der Waals surface area contributed by atoms with E-state index in [1.54, 1.807) is 0 Å². The van der Waals surface area contributed by atoms with Gasteiger partial charge in [-0.15, -0.1) is 0 Å². The van der Waals surface area contributed by atoms with Gasteiger partial charge in [-0.25, -0.2) is 4.98 Å². The van der Waals surface area contributed by atoms with E-state index in [4.69, 9.17) is 18.3 Å². The van der Waals surface area contributed by atoms with Crippen molar-refractivity contribution in [2.45, 2.75) is 33.4 Å². The van der Waals surface area contributed by atoms with Gasteiger partial charge in [-0.3, -0.25) is 4.90 Å². The molecule has 0 saturated heterocycles. The van der Waals surface area contributed by atoms with E-state index in [1.165, 1.54) is 5.56 Å². The van der Waals surface area contributed by atoms with Gasteiger partial charge < -0.3 is 18.3 Å². The summed E-state index contributed by atoms with van der Waals surface area (Å²) in [7, 11) is 2.08. The Bertz CT molecular complexity index is 944. The number of nitrogens with zero attached hydrogens (tertiary/aromatic N) is 2. The second kappa shape index (κ2) is 7.12. The van der Waals surface area contributed by atoms with E-state index >= 15 is 0 Å². The van der Waals surface area contributed by atoms with E-state index in [2.05, 4.69) is 36.0 Å². The summed E-state index contributed by atoms with van der Waals surface area (Å²) in [6.07, 6.45) is 0. The molecule has 0 spiro atoms. The average molecular weight is 368 g/mol. The molecule has 1 aromatic carbocycles. The predicted octanol–water partition coefficient (Wildman–Crippen LogP) is 4.52. The van der Waals surface area contributed by atoms with Crippen LogP contribution in [0.4, 0.5) is 0 Å². The van der Waals surface area contributed by atoms with Crippen LogP contribution < -0.4 is 9.47 Å². The van der Waals surface area contributed by atoms with Gasteiger partial charge in [-0.2, -0.15) is 0 Å². The fourth-order valence-corrected chi connectivity index (χ4v) is 3.18. The number of aryl methyl sites for hydroxylation is 2. The molecule has 6 nitrogen and oxygen atoms in total. The third kappa shape index (κ3) is 3.57. The maximum absolute atomic E-state index is 5.81. The lowest BCUT2D eigenvalue weighted by atomic mass is 10.1. The van der Waals surface area contributed by atoms with Gasteiger partial charge in [-0.05, 0) is 57.6 Å². The summed E-state index contributed by atoms with van der Waals surface area (Å²) in [5, 5.41) is 0.